The standard InChI is InChI=1S/C14H11NO3S/c1-9-6-7-19-13(9)14(16)17-8-12-15-10-4-2-3-5-11(10)18-12/h2-7H,8H2,1H3. The Balaban J connectivity index is 1.72. The monoisotopic (exact) mass is 273 g/mol. The van der Waals surface area contributed by atoms with Crippen LogP contribution < -0.4 is 0 Å². The lowest BCUT2D eigenvalue weighted by Crippen LogP contribution is -2.04. The highest BCUT2D eigenvalue weighted by Gasteiger charge is 2.13. The van der Waals surface area contributed by atoms with Gasteiger partial charge in [-0.05, 0) is 36.1 Å². The van der Waals surface area contributed by atoms with Crippen molar-refractivity contribution in [3.63, 3.8) is 0 Å². The molecule has 2 heterocycles. The first-order chi connectivity index (χ1) is 9.24. The van der Waals surface area contributed by atoms with E-state index in [0.717, 1.165) is 11.1 Å². The van der Waals surface area contributed by atoms with Crippen molar-refractivity contribution in [2.24, 2.45) is 0 Å². The van der Waals surface area contributed by atoms with Crippen LogP contribution in [0.25, 0.3) is 11.1 Å². The number of hydrogen-bond acceptors (Lipinski definition) is 5. The van der Waals surface area contributed by atoms with Crippen molar-refractivity contribution >= 4 is 28.4 Å². The van der Waals surface area contributed by atoms with Crippen molar-refractivity contribution in [1.82, 2.24) is 4.98 Å². The van der Waals surface area contributed by atoms with E-state index < -0.39 is 0 Å². The summed E-state index contributed by atoms with van der Waals surface area (Å²) >= 11 is 1.37. The minimum Gasteiger partial charge on any atom is -0.451 e. The Morgan fingerprint density at radius 3 is 2.95 bits per heavy atom. The first-order valence-corrected chi connectivity index (χ1v) is 6.67. The van der Waals surface area contributed by atoms with Gasteiger partial charge in [0.25, 0.3) is 0 Å². The number of nitrogens with zero attached hydrogens (tertiary/aromatic N) is 1. The van der Waals surface area contributed by atoms with Gasteiger partial charge in [-0.15, -0.1) is 11.3 Å². The van der Waals surface area contributed by atoms with E-state index in [0.29, 0.717) is 16.4 Å². The van der Waals surface area contributed by atoms with E-state index in [-0.39, 0.29) is 12.6 Å². The Morgan fingerprint density at radius 2 is 2.21 bits per heavy atom. The third-order valence-electron chi connectivity index (χ3n) is 2.71. The van der Waals surface area contributed by atoms with E-state index >= 15 is 0 Å². The summed E-state index contributed by atoms with van der Waals surface area (Å²) in [6.45, 7) is 1.93. The maximum absolute atomic E-state index is 11.8. The molecule has 0 aliphatic carbocycles. The summed E-state index contributed by atoms with van der Waals surface area (Å²) in [6.07, 6.45) is 0. The summed E-state index contributed by atoms with van der Waals surface area (Å²) in [6, 6.07) is 9.33. The van der Waals surface area contributed by atoms with E-state index in [1.165, 1.54) is 11.3 Å². The predicted octanol–water partition coefficient (Wildman–Crippen LogP) is 3.55. The van der Waals surface area contributed by atoms with Crippen LogP contribution >= 0.6 is 11.3 Å². The molecule has 0 N–H and O–H groups in total. The van der Waals surface area contributed by atoms with Gasteiger partial charge in [-0.25, -0.2) is 9.78 Å². The number of aromatic nitrogens is 1. The second-order valence-electron chi connectivity index (χ2n) is 4.08. The number of fused-ring (bicyclic) bond motifs is 1. The topological polar surface area (TPSA) is 52.3 Å². The zero-order valence-electron chi connectivity index (χ0n) is 10.3. The number of oxazole rings is 1. The third-order valence-corrected chi connectivity index (χ3v) is 3.71. The smallest absolute Gasteiger partial charge is 0.349 e. The van der Waals surface area contributed by atoms with Crippen LogP contribution in [-0.2, 0) is 11.3 Å². The highest BCUT2D eigenvalue weighted by molar-refractivity contribution is 7.12. The van der Waals surface area contributed by atoms with Gasteiger partial charge in [-0.2, -0.15) is 0 Å². The van der Waals surface area contributed by atoms with Gasteiger partial charge in [0.15, 0.2) is 12.2 Å². The summed E-state index contributed by atoms with van der Waals surface area (Å²) in [5, 5.41) is 1.87. The largest absolute Gasteiger partial charge is 0.451 e. The molecule has 2 aromatic heterocycles. The Bertz CT molecular complexity index is 696. The molecule has 0 saturated carbocycles. The van der Waals surface area contributed by atoms with Crippen LogP contribution in [0, 0.1) is 6.92 Å². The highest BCUT2D eigenvalue weighted by Crippen LogP contribution is 2.19. The van der Waals surface area contributed by atoms with Crippen molar-refractivity contribution in [3.8, 4) is 0 Å². The number of ether oxygens (including phenoxy) is 1. The van der Waals surface area contributed by atoms with Crippen molar-refractivity contribution in [2.45, 2.75) is 13.5 Å². The number of carbonyl (C=O) groups excluding carboxylic acids is 1. The molecule has 0 amide bonds. The Hall–Kier alpha value is -2.14. The molecule has 0 saturated heterocycles. The fraction of sp³-hybridized carbons (Fsp3) is 0.143. The van der Waals surface area contributed by atoms with Crippen molar-refractivity contribution < 1.29 is 13.9 Å². The molecule has 0 aliphatic rings. The SMILES string of the molecule is Cc1ccsc1C(=O)OCc1nc2ccccc2o1. The zero-order chi connectivity index (χ0) is 13.2. The van der Waals surface area contributed by atoms with Gasteiger partial charge in [0, 0.05) is 0 Å². The zero-order valence-corrected chi connectivity index (χ0v) is 11.1. The van der Waals surface area contributed by atoms with Gasteiger partial charge in [0.05, 0.1) is 0 Å². The maximum Gasteiger partial charge on any atom is 0.349 e. The van der Waals surface area contributed by atoms with Crippen molar-refractivity contribution in [3.05, 3.63) is 52.0 Å². The third kappa shape index (κ3) is 2.37. The second-order valence-corrected chi connectivity index (χ2v) is 5.00. The number of hydrogen-bond donors (Lipinski definition) is 0. The van der Waals surface area contributed by atoms with E-state index in [2.05, 4.69) is 4.98 Å². The molecule has 1 aromatic carbocycles. The molecule has 96 valence electrons. The number of aryl methyl sites for hydroxylation is 1. The van der Waals surface area contributed by atoms with E-state index in [4.69, 9.17) is 9.15 Å². The van der Waals surface area contributed by atoms with Gasteiger partial charge < -0.3 is 9.15 Å². The molecule has 3 aromatic rings. The fourth-order valence-electron chi connectivity index (χ4n) is 1.76. The minimum absolute atomic E-state index is 0.0465. The van der Waals surface area contributed by atoms with Gasteiger partial charge in [-0.1, -0.05) is 12.1 Å². The average Bonchev–Trinajstić information content (AvgIpc) is 3.01. The summed E-state index contributed by atoms with van der Waals surface area (Å²) in [5.41, 5.74) is 2.38. The molecular formula is C14H11NO3S. The van der Waals surface area contributed by atoms with Crippen LogP contribution in [0.1, 0.15) is 21.1 Å². The number of carbonyl (C=O) groups is 1. The number of thiophene rings is 1. The lowest BCUT2D eigenvalue weighted by Gasteiger charge is -2.00. The molecule has 0 atom stereocenters. The van der Waals surface area contributed by atoms with Crippen LogP contribution in [-0.4, -0.2) is 11.0 Å². The van der Waals surface area contributed by atoms with Crippen LogP contribution in [0.4, 0.5) is 0 Å². The second kappa shape index (κ2) is 4.85. The first kappa shape index (κ1) is 11.9. The number of esters is 1. The number of rotatable bonds is 3. The maximum atomic E-state index is 11.8. The highest BCUT2D eigenvalue weighted by atomic mass is 32.1. The van der Waals surface area contributed by atoms with E-state index in [1.54, 1.807) is 0 Å². The van der Waals surface area contributed by atoms with Crippen LogP contribution in [0.5, 0.6) is 0 Å². The molecule has 19 heavy (non-hydrogen) atoms. The van der Waals surface area contributed by atoms with Crippen LogP contribution in [0.15, 0.2) is 40.1 Å². The first-order valence-electron chi connectivity index (χ1n) is 5.80. The molecule has 0 radical (unpaired) electrons. The lowest BCUT2D eigenvalue weighted by molar-refractivity contribution is 0.0445. The van der Waals surface area contributed by atoms with Crippen LogP contribution in [0.3, 0.4) is 0 Å². The molecule has 0 unspecified atom stereocenters. The summed E-state index contributed by atoms with van der Waals surface area (Å²) in [5.74, 6) is 0.0681. The van der Waals surface area contributed by atoms with Gasteiger partial charge in [-0.3, -0.25) is 0 Å². The number of benzene rings is 1. The van der Waals surface area contributed by atoms with Gasteiger partial charge in [0.2, 0.25) is 5.89 Å². The normalized spacial score (nSPS) is 10.8. The van der Waals surface area contributed by atoms with Crippen molar-refractivity contribution in [1.29, 1.82) is 0 Å². The average molecular weight is 273 g/mol. The van der Waals surface area contributed by atoms with Crippen LogP contribution in [0.2, 0.25) is 0 Å². The predicted molar refractivity (Wildman–Crippen MR) is 72.2 cm³/mol. The van der Waals surface area contributed by atoms with Gasteiger partial charge >= 0.3 is 5.97 Å². The Morgan fingerprint density at radius 1 is 1.37 bits per heavy atom. The Kier molecular flexibility index (Phi) is 3.05. The fourth-order valence-corrected chi connectivity index (χ4v) is 2.57. The van der Waals surface area contributed by atoms with E-state index in [1.807, 2.05) is 42.6 Å². The molecule has 0 spiro atoms. The number of para-hydroxylation sites is 2. The molecule has 0 aliphatic heterocycles. The van der Waals surface area contributed by atoms with Crippen molar-refractivity contribution in [2.75, 3.05) is 0 Å². The molecule has 4 nitrogen and oxygen atoms in total. The van der Waals surface area contributed by atoms with Gasteiger partial charge in [0.1, 0.15) is 10.4 Å². The summed E-state index contributed by atoms with van der Waals surface area (Å²) < 4.78 is 10.7. The molecule has 3 rings (SSSR count). The lowest BCUT2D eigenvalue weighted by atomic mass is 10.3. The summed E-state index contributed by atoms with van der Waals surface area (Å²) in [4.78, 5) is 16.7. The molecule has 0 fully saturated rings. The molecular weight excluding hydrogens is 262 g/mol. The quantitative estimate of drug-likeness (QED) is 0.685. The molecule has 0 bridgehead atoms. The summed E-state index contributed by atoms with van der Waals surface area (Å²) in [7, 11) is 0. The minimum atomic E-state index is -0.338. The Labute approximate surface area is 113 Å². The van der Waals surface area contributed by atoms with E-state index in [9.17, 15) is 4.79 Å². The molecule has 5 heteroatoms.